The molecule has 0 saturated heterocycles. The lowest BCUT2D eigenvalue weighted by molar-refractivity contribution is 0.277. The third-order valence-electron chi connectivity index (χ3n) is 2.62. The third-order valence-corrected chi connectivity index (χ3v) is 4.67. The van der Waals surface area contributed by atoms with Crippen LogP contribution in [0.2, 0.25) is 0 Å². The van der Waals surface area contributed by atoms with E-state index in [1.54, 1.807) is 5.51 Å². The Kier molecular flexibility index (Phi) is 5.24. The molecule has 0 fully saturated rings. The predicted molar refractivity (Wildman–Crippen MR) is 74.9 cm³/mol. The van der Waals surface area contributed by atoms with E-state index < -0.39 is 10.0 Å². The zero-order valence-corrected chi connectivity index (χ0v) is 12.4. The second kappa shape index (κ2) is 6.93. The van der Waals surface area contributed by atoms with Crippen LogP contribution in [-0.2, 0) is 23.0 Å². The summed E-state index contributed by atoms with van der Waals surface area (Å²) in [4.78, 5) is 4.22. The second-order valence-electron chi connectivity index (χ2n) is 4.14. The number of rotatable bonds is 8. The van der Waals surface area contributed by atoms with E-state index in [-0.39, 0.29) is 11.5 Å². The highest BCUT2D eigenvalue weighted by Crippen LogP contribution is 2.08. The zero-order chi connectivity index (χ0) is 14.4. The smallest absolute Gasteiger partial charge is 0.243 e. The number of hydrogen-bond acceptors (Lipinski definition) is 6. The Balaban J connectivity index is 1.90. The van der Waals surface area contributed by atoms with Crippen molar-refractivity contribution < 1.29 is 13.5 Å². The van der Waals surface area contributed by atoms with Gasteiger partial charge < -0.3 is 5.11 Å². The van der Waals surface area contributed by atoms with E-state index in [0.717, 1.165) is 5.69 Å². The molecule has 2 aromatic rings. The molecule has 2 N–H and O–H groups in total. The van der Waals surface area contributed by atoms with Gasteiger partial charge in [0, 0.05) is 37.7 Å². The number of nitrogens with zero attached hydrogens (tertiary/aromatic N) is 3. The quantitative estimate of drug-likeness (QED) is 0.727. The van der Waals surface area contributed by atoms with Crippen LogP contribution in [0.15, 0.2) is 28.2 Å². The number of aromatic nitrogens is 3. The highest BCUT2D eigenvalue weighted by Gasteiger charge is 2.15. The van der Waals surface area contributed by atoms with Gasteiger partial charge in [0.1, 0.15) is 4.90 Å². The van der Waals surface area contributed by atoms with Crippen molar-refractivity contribution in [2.75, 3.05) is 13.2 Å². The van der Waals surface area contributed by atoms with Gasteiger partial charge in [-0.25, -0.2) is 18.1 Å². The largest absolute Gasteiger partial charge is 0.396 e. The Hall–Kier alpha value is -1.29. The summed E-state index contributed by atoms with van der Waals surface area (Å²) in [7, 11) is -3.54. The molecule has 2 rings (SSSR count). The molecule has 0 aliphatic rings. The van der Waals surface area contributed by atoms with Gasteiger partial charge in [0.25, 0.3) is 0 Å². The van der Waals surface area contributed by atoms with Crippen LogP contribution in [0.4, 0.5) is 0 Å². The zero-order valence-electron chi connectivity index (χ0n) is 10.8. The average Bonchev–Trinajstić information content (AvgIpc) is 3.07. The van der Waals surface area contributed by atoms with Gasteiger partial charge in [-0.2, -0.15) is 5.10 Å². The van der Waals surface area contributed by atoms with Crippen molar-refractivity contribution >= 4 is 21.4 Å². The minimum absolute atomic E-state index is 0.0494. The van der Waals surface area contributed by atoms with Crippen LogP contribution >= 0.6 is 11.3 Å². The van der Waals surface area contributed by atoms with Crippen molar-refractivity contribution in [1.29, 1.82) is 0 Å². The molecule has 2 aromatic heterocycles. The maximum atomic E-state index is 12.0. The summed E-state index contributed by atoms with van der Waals surface area (Å²) in [5, 5.41) is 14.6. The average molecular weight is 316 g/mol. The first-order chi connectivity index (χ1) is 9.62. The summed E-state index contributed by atoms with van der Waals surface area (Å²) < 4.78 is 28.1. The van der Waals surface area contributed by atoms with E-state index >= 15 is 0 Å². The summed E-state index contributed by atoms with van der Waals surface area (Å²) in [6, 6.07) is 0. The molecule has 0 amide bonds. The molecule has 0 radical (unpaired) electrons. The van der Waals surface area contributed by atoms with Crippen LogP contribution in [0.5, 0.6) is 0 Å². The molecule has 0 aromatic carbocycles. The van der Waals surface area contributed by atoms with Crippen LogP contribution in [0, 0.1) is 0 Å². The first-order valence-corrected chi connectivity index (χ1v) is 8.54. The normalized spacial score (nSPS) is 11.8. The fourth-order valence-electron chi connectivity index (χ4n) is 1.60. The van der Waals surface area contributed by atoms with Crippen molar-refractivity contribution in [2.24, 2.45) is 0 Å². The first-order valence-electron chi connectivity index (χ1n) is 6.12. The molecule has 0 saturated carbocycles. The molecule has 2 heterocycles. The minimum Gasteiger partial charge on any atom is -0.396 e. The van der Waals surface area contributed by atoms with Crippen LogP contribution in [-0.4, -0.2) is 41.4 Å². The maximum Gasteiger partial charge on any atom is 0.243 e. The Bertz CT molecular complexity index is 622. The number of aliphatic hydroxyl groups is 1. The highest BCUT2D eigenvalue weighted by atomic mass is 32.2. The van der Waals surface area contributed by atoms with Crippen LogP contribution < -0.4 is 4.72 Å². The summed E-state index contributed by atoms with van der Waals surface area (Å²) in [5.41, 5.74) is 2.59. The third kappa shape index (κ3) is 4.10. The van der Waals surface area contributed by atoms with Crippen molar-refractivity contribution in [3.63, 3.8) is 0 Å². The van der Waals surface area contributed by atoms with Gasteiger partial charge in [-0.15, -0.1) is 11.3 Å². The van der Waals surface area contributed by atoms with Gasteiger partial charge >= 0.3 is 0 Å². The highest BCUT2D eigenvalue weighted by molar-refractivity contribution is 7.89. The molecule has 7 nitrogen and oxygen atoms in total. The van der Waals surface area contributed by atoms with Crippen molar-refractivity contribution in [1.82, 2.24) is 19.5 Å². The molecule has 0 atom stereocenters. The molecule has 0 aliphatic heterocycles. The van der Waals surface area contributed by atoms with Gasteiger partial charge in [-0.1, -0.05) is 0 Å². The van der Waals surface area contributed by atoms with Gasteiger partial charge in [0.2, 0.25) is 10.0 Å². The topological polar surface area (TPSA) is 97.1 Å². The molecule has 110 valence electrons. The van der Waals surface area contributed by atoms with E-state index in [4.69, 9.17) is 5.11 Å². The molecule has 0 aliphatic carbocycles. The van der Waals surface area contributed by atoms with E-state index in [1.165, 1.54) is 28.4 Å². The molecular weight excluding hydrogens is 300 g/mol. The monoisotopic (exact) mass is 316 g/mol. The van der Waals surface area contributed by atoms with Crippen molar-refractivity contribution in [3.05, 3.63) is 29.0 Å². The first kappa shape index (κ1) is 15.1. The lowest BCUT2D eigenvalue weighted by atomic mass is 10.3. The Morgan fingerprint density at radius 3 is 3.00 bits per heavy atom. The number of nitrogens with one attached hydrogen (secondary N) is 1. The number of aryl methyl sites for hydroxylation is 1. The lowest BCUT2D eigenvalue weighted by Gasteiger charge is -2.03. The summed E-state index contributed by atoms with van der Waals surface area (Å²) in [6.45, 7) is 0.840. The molecule has 20 heavy (non-hydrogen) atoms. The van der Waals surface area contributed by atoms with Gasteiger partial charge in [-0.05, 0) is 6.42 Å². The van der Waals surface area contributed by atoms with Crippen LogP contribution in [0.25, 0.3) is 0 Å². The number of hydrogen-bond donors (Lipinski definition) is 2. The van der Waals surface area contributed by atoms with E-state index in [1.807, 2.05) is 5.38 Å². The SMILES string of the molecule is O=S(=O)(NCCc1cscn1)c1cnn(CCCO)c1. The molecule has 0 spiro atoms. The van der Waals surface area contributed by atoms with E-state index in [2.05, 4.69) is 14.8 Å². The summed E-state index contributed by atoms with van der Waals surface area (Å²) in [6.07, 6.45) is 3.86. The van der Waals surface area contributed by atoms with Crippen LogP contribution in [0.3, 0.4) is 0 Å². The number of thiazole rings is 1. The summed E-state index contributed by atoms with van der Waals surface area (Å²) in [5.74, 6) is 0. The Labute approximate surface area is 121 Å². The van der Waals surface area contributed by atoms with Gasteiger partial charge in [-0.3, -0.25) is 4.68 Å². The minimum atomic E-state index is -3.54. The fourth-order valence-corrected chi connectivity index (χ4v) is 3.17. The van der Waals surface area contributed by atoms with E-state index in [9.17, 15) is 8.42 Å². The maximum absolute atomic E-state index is 12.0. The summed E-state index contributed by atoms with van der Waals surface area (Å²) >= 11 is 1.48. The second-order valence-corrected chi connectivity index (χ2v) is 6.63. The predicted octanol–water partition coefficient (Wildman–Crippen LogP) is 0.243. The van der Waals surface area contributed by atoms with Gasteiger partial charge in [0.15, 0.2) is 0 Å². The molecular formula is C11H16N4O3S2. The standard InChI is InChI=1S/C11H16N4O3S2/c16-5-1-4-15-7-11(6-13-15)20(17,18)14-3-2-10-8-19-9-12-10/h6-9,14,16H,1-5H2. The molecule has 0 unspecified atom stereocenters. The molecule has 9 heteroatoms. The van der Waals surface area contributed by atoms with Gasteiger partial charge in [0.05, 0.1) is 17.4 Å². The number of aliphatic hydroxyl groups excluding tert-OH is 1. The van der Waals surface area contributed by atoms with Crippen molar-refractivity contribution in [3.8, 4) is 0 Å². The van der Waals surface area contributed by atoms with E-state index in [0.29, 0.717) is 25.9 Å². The van der Waals surface area contributed by atoms with Crippen molar-refractivity contribution in [2.45, 2.75) is 24.3 Å². The molecule has 0 bridgehead atoms. The van der Waals surface area contributed by atoms with Crippen LogP contribution in [0.1, 0.15) is 12.1 Å². The number of sulfonamides is 1. The fraction of sp³-hybridized carbons (Fsp3) is 0.455. The Morgan fingerprint density at radius 1 is 1.45 bits per heavy atom. The Morgan fingerprint density at radius 2 is 2.30 bits per heavy atom. The lowest BCUT2D eigenvalue weighted by Crippen LogP contribution is -2.25.